The summed E-state index contributed by atoms with van der Waals surface area (Å²) >= 11 is 0. The van der Waals surface area contributed by atoms with E-state index >= 15 is 0 Å². The fraction of sp³-hybridized carbons (Fsp3) is 1.00. The standard InChI is InChI=1S/C13H27N3/c1-13(11-14)5-10-16(12-13)9-4-8-15-6-2-3-7-15/h2-12,14H2,1H3. The topological polar surface area (TPSA) is 32.5 Å². The molecular formula is C13H27N3. The van der Waals surface area contributed by atoms with Crippen molar-refractivity contribution in [2.75, 3.05) is 45.8 Å². The minimum absolute atomic E-state index is 0.396. The minimum Gasteiger partial charge on any atom is -0.330 e. The van der Waals surface area contributed by atoms with Crippen LogP contribution in [-0.4, -0.2) is 55.6 Å². The maximum Gasteiger partial charge on any atom is 0.00479 e. The maximum atomic E-state index is 5.82. The van der Waals surface area contributed by atoms with E-state index in [1.165, 1.54) is 65.0 Å². The van der Waals surface area contributed by atoms with Crippen LogP contribution < -0.4 is 5.73 Å². The largest absolute Gasteiger partial charge is 0.330 e. The second kappa shape index (κ2) is 5.48. The van der Waals surface area contributed by atoms with Gasteiger partial charge in [-0.3, -0.25) is 0 Å². The van der Waals surface area contributed by atoms with E-state index in [1.54, 1.807) is 0 Å². The van der Waals surface area contributed by atoms with Gasteiger partial charge in [0.15, 0.2) is 0 Å². The first-order valence-electron chi connectivity index (χ1n) is 6.87. The Morgan fingerprint density at radius 2 is 1.75 bits per heavy atom. The Morgan fingerprint density at radius 3 is 2.38 bits per heavy atom. The van der Waals surface area contributed by atoms with Crippen molar-refractivity contribution in [1.82, 2.24) is 9.80 Å². The average molecular weight is 225 g/mol. The van der Waals surface area contributed by atoms with Gasteiger partial charge in [-0.05, 0) is 70.4 Å². The Morgan fingerprint density at radius 1 is 1.06 bits per heavy atom. The van der Waals surface area contributed by atoms with Crippen molar-refractivity contribution in [1.29, 1.82) is 0 Å². The zero-order chi connectivity index (χ0) is 11.4. The molecule has 0 bridgehead atoms. The van der Waals surface area contributed by atoms with Crippen LogP contribution >= 0.6 is 0 Å². The summed E-state index contributed by atoms with van der Waals surface area (Å²) < 4.78 is 0. The van der Waals surface area contributed by atoms with Crippen molar-refractivity contribution < 1.29 is 0 Å². The van der Waals surface area contributed by atoms with Crippen LogP contribution in [0.5, 0.6) is 0 Å². The van der Waals surface area contributed by atoms with Crippen LogP contribution in [-0.2, 0) is 0 Å². The van der Waals surface area contributed by atoms with Gasteiger partial charge in [-0.25, -0.2) is 0 Å². The van der Waals surface area contributed by atoms with Gasteiger partial charge in [-0.15, -0.1) is 0 Å². The van der Waals surface area contributed by atoms with Gasteiger partial charge in [0.25, 0.3) is 0 Å². The molecule has 2 heterocycles. The second-order valence-corrected chi connectivity index (χ2v) is 5.94. The number of rotatable bonds is 5. The van der Waals surface area contributed by atoms with Crippen LogP contribution in [0.25, 0.3) is 0 Å². The molecule has 0 spiro atoms. The quantitative estimate of drug-likeness (QED) is 0.761. The highest BCUT2D eigenvalue weighted by Gasteiger charge is 2.31. The molecule has 3 nitrogen and oxygen atoms in total. The Balaban J connectivity index is 1.60. The van der Waals surface area contributed by atoms with E-state index in [-0.39, 0.29) is 0 Å². The summed E-state index contributed by atoms with van der Waals surface area (Å²) in [6.45, 7) is 10.9. The van der Waals surface area contributed by atoms with Crippen molar-refractivity contribution in [3.8, 4) is 0 Å². The lowest BCUT2D eigenvalue weighted by molar-refractivity contribution is 0.254. The van der Waals surface area contributed by atoms with Crippen molar-refractivity contribution in [3.63, 3.8) is 0 Å². The molecule has 0 radical (unpaired) electrons. The van der Waals surface area contributed by atoms with Gasteiger partial charge in [0.1, 0.15) is 0 Å². The summed E-state index contributed by atoms with van der Waals surface area (Å²) in [4.78, 5) is 5.21. The van der Waals surface area contributed by atoms with E-state index in [2.05, 4.69) is 16.7 Å². The molecule has 2 fully saturated rings. The molecule has 1 unspecified atom stereocenters. The molecule has 3 heteroatoms. The van der Waals surface area contributed by atoms with E-state index in [4.69, 9.17) is 5.73 Å². The zero-order valence-electron chi connectivity index (χ0n) is 10.7. The highest BCUT2D eigenvalue weighted by atomic mass is 15.2. The minimum atomic E-state index is 0.396. The summed E-state index contributed by atoms with van der Waals surface area (Å²) in [7, 11) is 0. The van der Waals surface area contributed by atoms with Crippen LogP contribution in [0.4, 0.5) is 0 Å². The molecule has 2 rings (SSSR count). The fourth-order valence-electron chi connectivity index (χ4n) is 3.01. The molecule has 94 valence electrons. The lowest BCUT2D eigenvalue weighted by Gasteiger charge is -2.23. The summed E-state index contributed by atoms with van der Waals surface area (Å²) in [6, 6.07) is 0. The van der Waals surface area contributed by atoms with Crippen LogP contribution in [0, 0.1) is 5.41 Å². The second-order valence-electron chi connectivity index (χ2n) is 5.94. The third-order valence-electron chi connectivity index (χ3n) is 4.28. The van der Waals surface area contributed by atoms with E-state index < -0.39 is 0 Å². The van der Waals surface area contributed by atoms with Gasteiger partial charge >= 0.3 is 0 Å². The number of hydrogen-bond donors (Lipinski definition) is 1. The van der Waals surface area contributed by atoms with E-state index in [0.29, 0.717) is 5.41 Å². The molecule has 2 N–H and O–H groups in total. The molecule has 2 aliphatic rings. The van der Waals surface area contributed by atoms with Crippen molar-refractivity contribution in [2.45, 2.75) is 32.6 Å². The molecule has 1 atom stereocenters. The predicted molar refractivity (Wildman–Crippen MR) is 68.5 cm³/mol. The highest BCUT2D eigenvalue weighted by molar-refractivity contribution is 4.86. The lowest BCUT2D eigenvalue weighted by Crippen LogP contribution is -2.32. The van der Waals surface area contributed by atoms with E-state index in [0.717, 1.165) is 6.54 Å². The molecule has 0 aliphatic carbocycles. The predicted octanol–water partition coefficient (Wildman–Crippen LogP) is 1.14. The van der Waals surface area contributed by atoms with Gasteiger partial charge in [0.2, 0.25) is 0 Å². The Bertz CT molecular complexity index is 213. The number of nitrogens with zero attached hydrogens (tertiary/aromatic N) is 2. The Kier molecular flexibility index (Phi) is 4.22. The first kappa shape index (κ1) is 12.3. The number of nitrogens with two attached hydrogens (primary N) is 1. The fourth-order valence-corrected chi connectivity index (χ4v) is 3.01. The first-order valence-corrected chi connectivity index (χ1v) is 6.87. The normalized spacial score (nSPS) is 32.6. The van der Waals surface area contributed by atoms with Crippen LogP contribution in [0.2, 0.25) is 0 Å². The maximum absolute atomic E-state index is 5.82. The molecular weight excluding hydrogens is 198 g/mol. The Labute approximate surface area is 100.0 Å². The number of likely N-dealkylation sites (tertiary alicyclic amines) is 2. The van der Waals surface area contributed by atoms with Gasteiger partial charge in [0, 0.05) is 6.54 Å². The molecule has 0 amide bonds. The zero-order valence-corrected chi connectivity index (χ0v) is 10.7. The first-order chi connectivity index (χ1) is 7.72. The monoisotopic (exact) mass is 225 g/mol. The van der Waals surface area contributed by atoms with Gasteiger partial charge < -0.3 is 15.5 Å². The Hall–Kier alpha value is -0.120. The SMILES string of the molecule is CC1(CN)CCN(CCCN2CCCC2)C1. The van der Waals surface area contributed by atoms with Gasteiger partial charge in [-0.2, -0.15) is 0 Å². The van der Waals surface area contributed by atoms with Crippen molar-refractivity contribution in [2.24, 2.45) is 11.1 Å². The van der Waals surface area contributed by atoms with Gasteiger partial charge in [0.05, 0.1) is 0 Å². The molecule has 0 aromatic rings. The lowest BCUT2D eigenvalue weighted by atomic mass is 9.90. The molecule has 2 aliphatic heterocycles. The summed E-state index contributed by atoms with van der Waals surface area (Å²) in [5.41, 5.74) is 6.22. The third kappa shape index (κ3) is 3.19. The summed E-state index contributed by atoms with van der Waals surface area (Å²) in [6.07, 6.45) is 5.44. The average Bonchev–Trinajstić information content (AvgIpc) is 2.90. The van der Waals surface area contributed by atoms with Crippen LogP contribution in [0.1, 0.15) is 32.6 Å². The highest BCUT2D eigenvalue weighted by Crippen LogP contribution is 2.28. The van der Waals surface area contributed by atoms with Crippen LogP contribution in [0.3, 0.4) is 0 Å². The summed E-state index contributed by atoms with van der Waals surface area (Å²) in [5, 5.41) is 0. The third-order valence-corrected chi connectivity index (χ3v) is 4.28. The van der Waals surface area contributed by atoms with Crippen LogP contribution in [0.15, 0.2) is 0 Å². The number of hydrogen-bond acceptors (Lipinski definition) is 3. The van der Waals surface area contributed by atoms with Gasteiger partial charge in [-0.1, -0.05) is 6.92 Å². The molecule has 2 saturated heterocycles. The van der Waals surface area contributed by atoms with Crippen molar-refractivity contribution >= 4 is 0 Å². The summed E-state index contributed by atoms with van der Waals surface area (Å²) in [5.74, 6) is 0. The molecule has 16 heavy (non-hydrogen) atoms. The van der Waals surface area contributed by atoms with Crippen molar-refractivity contribution in [3.05, 3.63) is 0 Å². The molecule has 0 aromatic carbocycles. The molecule has 0 aromatic heterocycles. The molecule has 0 saturated carbocycles. The van der Waals surface area contributed by atoms with E-state index in [1.807, 2.05) is 0 Å². The smallest absolute Gasteiger partial charge is 0.00479 e. The van der Waals surface area contributed by atoms with E-state index in [9.17, 15) is 0 Å².